The zero-order valence-electron chi connectivity index (χ0n) is 13.0. The first kappa shape index (κ1) is 14.2. The lowest BCUT2D eigenvalue weighted by Gasteiger charge is -2.43. The van der Waals surface area contributed by atoms with Gasteiger partial charge < -0.3 is 9.88 Å². The SMILES string of the molecule is O=C(c1cccc(=O)[nH]1)N1C[C@@H](c2ccccc2)C2(CCC2)C1. The Morgan fingerprint density at radius 3 is 2.52 bits per heavy atom. The summed E-state index contributed by atoms with van der Waals surface area (Å²) in [6, 6.07) is 15.3. The Morgan fingerprint density at radius 1 is 1.09 bits per heavy atom. The van der Waals surface area contributed by atoms with Crippen LogP contribution in [-0.2, 0) is 0 Å². The van der Waals surface area contributed by atoms with Crippen molar-refractivity contribution >= 4 is 5.91 Å². The Bertz CT molecular complexity index is 777. The summed E-state index contributed by atoms with van der Waals surface area (Å²) < 4.78 is 0. The van der Waals surface area contributed by atoms with Crippen molar-refractivity contribution < 1.29 is 4.79 Å². The van der Waals surface area contributed by atoms with Crippen LogP contribution in [0, 0.1) is 5.41 Å². The maximum absolute atomic E-state index is 12.8. The summed E-state index contributed by atoms with van der Waals surface area (Å²) in [5.74, 6) is 0.337. The van der Waals surface area contributed by atoms with Crippen LogP contribution in [0.3, 0.4) is 0 Å². The molecule has 1 N–H and O–H groups in total. The summed E-state index contributed by atoms with van der Waals surface area (Å²) >= 11 is 0. The minimum Gasteiger partial charge on any atom is -0.336 e. The van der Waals surface area contributed by atoms with E-state index in [1.807, 2.05) is 11.0 Å². The molecule has 4 rings (SSSR count). The van der Waals surface area contributed by atoms with Crippen LogP contribution < -0.4 is 5.56 Å². The van der Waals surface area contributed by atoms with Gasteiger partial charge in [-0.25, -0.2) is 0 Å². The molecule has 2 fully saturated rings. The van der Waals surface area contributed by atoms with Crippen molar-refractivity contribution in [3.63, 3.8) is 0 Å². The van der Waals surface area contributed by atoms with Gasteiger partial charge in [0.1, 0.15) is 5.69 Å². The second kappa shape index (κ2) is 5.37. The van der Waals surface area contributed by atoms with Gasteiger partial charge >= 0.3 is 0 Å². The normalized spacial score (nSPS) is 22.1. The summed E-state index contributed by atoms with van der Waals surface area (Å²) in [6.45, 7) is 1.53. The van der Waals surface area contributed by atoms with E-state index in [1.165, 1.54) is 30.9 Å². The fourth-order valence-electron chi connectivity index (χ4n) is 4.15. The molecule has 0 unspecified atom stereocenters. The van der Waals surface area contributed by atoms with E-state index in [4.69, 9.17) is 0 Å². The topological polar surface area (TPSA) is 53.2 Å². The highest BCUT2D eigenvalue weighted by Crippen LogP contribution is 2.55. The zero-order chi connectivity index (χ0) is 15.9. The third kappa shape index (κ3) is 2.38. The van der Waals surface area contributed by atoms with Crippen LogP contribution in [-0.4, -0.2) is 28.9 Å². The fraction of sp³-hybridized carbons (Fsp3) is 0.368. The number of benzene rings is 1. The molecule has 1 aromatic heterocycles. The minimum atomic E-state index is -0.229. The molecule has 1 aliphatic carbocycles. The van der Waals surface area contributed by atoms with Gasteiger partial charge in [-0.05, 0) is 29.9 Å². The molecule has 1 aliphatic heterocycles. The maximum atomic E-state index is 12.8. The van der Waals surface area contributed by atoms with E-state index in [1.54, 1.807) is 12.1 Å². The van der Waals surface area contributed by atoms with Crippen molar-refractivity contribution in [3.8, 4) is 0 Å². The Hall–Kier alpha value is -2.36. The third-order valence-corrected chi connectivity index (χ3v) is 5.49. The van der Waals surface area contributed by atoms with Crippen LogP contribution >= 0.6 is 0 Å². The predicted octanol–water partition coefficient (Wildman–Crippen LogP) is 2.78. The van der Waals surface area contributed by atoms with Gasteiger partial charge in [-0.3, -0.25) is 9.59 Å². The van der Waals surface area contributed by atoms with Crippen LogP contribution in [0.5, 0.6) is 0 Å². The summed E-state index contributed by atoms with van der Waals surface area (Å²) in [4.78, 5) is 28.8. The van der Waals surface area contributed by atoms with E-state index in [0.717, 1.165) is 13.1 Å². The van der Waals surface area contributed by atoms with Crippen LogP contribution in [0.1, 0.15) is 41.2 Å². The van der Waals surface area contributed by atoms with E-state index >= 15 is 0 Å². The van der Waals surface area contributed by atoms with Crippen molar-refractivity contribution in [2.75, 3.05) is 13.1 Å². The third-order valence-electron chi connectivity index (χ3n) is 5.49. The molecule has 0 bridgehead atoms. The largest absolute Gasteiger partial charge is 0.336 e. The molecule has 2 heterocycles. The van der Waals surface area contributed by atoms with Crippen molar-refractivity contribution in [1.29, 1.82) is 0 Å². The summed E-state index contributed by atoms with van der Waals surface area (Å²) in [6.07, 6.45) is 3.61. The average Bonchev–Trinajstić information content (AvgIpc) is 2.96. The minimum absolute atomic E-state index is 0.0626. The van der Waals surface area contributed by atoms with Crippen LogP contribution in [0.25, 0.3) is 0 Å². The molecule has 23 heavy (non-hydrogen) atoms. The van der Waals surface area contributed by atoms with E-state index in [0.29, 0.717) is 11.6 Å². The Morgan fingerprint density at radius 2 is 1.87 bits per heavy atom. The van der Waals surface area contributed by atoms with Crippen LogP contribution in [0.15, 0.2) is 53.3 Å². The number of nitrogens with zero attached hydrogens (tertiary/aromatic N) is 1. The maximum Gasteiger partial charge on any atom is 0.270 e. The molecule has 4 nitrogen and oxygen atoms in total. The van der Waals surface area contributed by atoms with Gasteiger partial charge in [0, 0.05) is 25.1 Å². The van der Waals surface area contributed by atoms with Crippen LogP contribution in [0.2, 0.25) is 0 Å². The fourth-order valence-corrected chi connectivity index (χ4v) is 4.15. The number of amides is 1. The molecule has 2 aromatic rings. The first-order valence-corrected chi connectivity index (χ1v) is 8.22. The molecule has 1 atom stereocenters. The number of carbonyl (C=O) groups is 1. The molecule has 4 heteroatoms. The van der Waals surface area contributed by atoms with Crippen molar-refractivity contribution in [3.05, 3.63) is 70.1 Å². The van der Waals surface area contributed by atoms with E-state index in [-0.39, 0.29) is 16.9 Å². The predicted molar refractivity (Wildman–Crippen MR) is 88.4 cm³/mol. The number of rotatable bonds is 2. The number of pyridine rings is 1. The van der Waals surface area contributed by atoms with Gasteiger partial charge in [-0.2, -0.15) is 0 Å². The number of carbonyl (C=O) groups excluding carboxylic acids is 1. The molecule has 0 radical (unpaired) electrons. The summed E-state index contributed by atoms with van der Waals surface area (Å²) in [5.41, 5.74) is 1.71. The highest BCUT2D eigenvalue weighted by Gasteiger charge is 2.51. The van der Waals surface area contributed by atoms with Crippen LogP contribution in [0.4, 0.5) is 0 Å². The number of nitrogens with one attached hydrogen (secondary N) is 1. The Balaban J connectivity index is 1.63. The Kier molecular flexibility index (Phi) is 3.33. The molecule has 1 aromatic carbocycles. The number of H-pyrrole nitrogens is 1. The van der Waals surface area contributed by atoms with Gasteiger partial charge in [0.05, 0.1) is 0 Å². The monoisotopic (exact) mass is 308 g/mol. The molecule has 2 aliphatic rings. The number of likely N-dealkylation sites (tertiary alicyclic amines) is 1. The smallest absolute Gasteiger partial charge is 0.270 e. The molecule has 1 saturated heterocycles. The lowest BCUT2D eigenvalue weighted by Crippen LogP contribution is -2.38. The molecular formula is C19H20N2O2. The van der Waals surface area contributed by atoms with Gasteiger partial charge in [-0.15, -0.1) is 0 Å². The lowest BCUT2D eigenvalue weighted by atomic mass is 9.61. The number of aromatic amines is 1. The number of hydrogen-bond acceptors (Lipinski definition) is 2. The molecule has 1 spiro atoms. The summed E-state index contributed by atoms with van der Waals surface area (Å²) in [7, 11) is 0. The lowest BCUT2D eigenvalue weighted by molar-refractivity contribution is 0.0719. The van der Waals surface area contributed by atoms with Gasteiger partial charge in [-0.1, -0.05) is 42.8 Å². The highest BCUT2D eigenvalue weighted by molar-refractivity contribution is 5.92. The van der Waals surface area contributed by atoms with Crippen molar-refractivity contribution in [2.45, 2.75) is 25.2 Å². The van der Waals surface area contributed by atoms with E-state index in [9.17, 15) is 9.59 Å². The number of hydrogen-bond donors (Lipinski definition) is 1. The first-order chi connectivity index (χ1) is 11.2. The van der Waals surface area contributed by atoms with E-state index in [2.05, 4.69) is 29.2 Å². The van der Waals surface area contributed by atoms with Crippen molar-refractivity contribution in [1.82, 2.24) is 9.88 Å². The van der Waals surface area contributed by atoms with E-state index < -0.39 is 0 Å². The van der Waals surface area contributed by atoms with Gasteiger partial charge in [0.2, 0.25) is 5.56 Å². The van der Waals surface area contributed by atoms with Gasteiger partial charge in [0.25, 0.3) is 5.91 Å². The second-order valence-corrected chi connectivity index (χ2v) is 6.79. The first-order valence-electron chi connectivity index (χ1n) is 8.22. The molecule has 1 saturated carbocycles. The second-order valence-electron chi connectivity index (χ2n) is 6.79. The summed E-state index contributed by atoms with van der Waals surface area (Å²) in [5, 5.41) is 0. The number of aromatic nitrogens is 1. The quantitative estimate of drug-likeness (QED) is 0.927. The van der Waals surface area contributed by atoms with Crippen molar-refractivity contribution in [2.24, 2.45) is 5.41 Å². The highest BCUT2D eigenvalue weighted by atomic mass is 16.2. The molecular weight excluding hydrogens is 288 g/mol. The molecule has 118 valence electrons. The standard InChI is InChI=1S/C19H20N2O2/c22-17-9-4-8-16(20-17)18(23)21-12-15(14-6-2-1-3-7-14)19(13-21)10-5-11-19/h1-4,6-9,15H,5,10-13H2,(H,20,22)/t15-/m0/s1. The Labute approximate surface area is 135 Å². The molecule has 1 amide bonds. The van der Waals surface area contributed by atoms with Gasteiger partial charge in [0.15, 0.2) is 0 Å². The average molecular weight is 308 g/mol. The zero-order valence-corrected chi connectivity index (χ0v) is 13.0.